The number of hydrogen-bond donors (Lipinski definition) is 0. The van der Waals surface area contributed by atoms with E-state index in [1.54, 1.807) is 17.3 Å². The van der Waals surface area contributed by atoms with Gasteiger partial charge in [0.05, 0.1) is 11.0 Å². The molecule has 1 aromatic heterocycles. The Morgan fingerprint density at radius 3 is 2.61 bits per heavy atom. The molecule has 1 saturated heterocycles. The molecule has 0 bridgehead atoms. The van der Waals surface area contributed by atoms with Gasteiger partial charge in [-0.15, -0.1) is 11.3 Å². The predicted molar refractivity (Wildman–Crippen MR) is 118 cm³/mol. The van der Waals surface area contributed by atoms with E-state index in [0.717, 1.165) is 10.6 Å². The fraction of sp³-hybridized carbons (Fsp3) is 0.455. The highest BCUT2D eigenvalue weighted by molar-refractivity contribution is 7.09. The number of likely N-dealkylation sites (tertiary alicyclic amines) is 1. The second-order valence-electron chi connectivity index (χ2n) is 7.78. The maximum atomic E-state index is 12.9. The highest BCUT2D eigenvalue weighted by atomic mass is 32.1. The first kappa shape index (κ1) is 24.7. The molecule has 0 unspecified atom stereocenters. The van der Waals surface area contributed by atoms with E-state index in [-0.39, 0.29) is 24.1 Å². The first-order valence-corrected chi connectivity index (χ1v) is 11.3. The monoisotopic (exact) mass is 482 g/mol. The number of nitrogens with zero attached hydrogens (tertiary/aromatic N) is 4. The fourth-order valence-corrected chi connectivity index (χ4v) is 4.51. The minimum atomic E-state index is -4.58. The van der Waals surface area contributed by atoms with Gasteiger partial charge in [-0.1, -0.05) is 35.5 Å². The second kappa shape index (κ2) is 10.8. The van der Waals surface area contributed by atoms with E-state index in [9.17, 15) is 22.8 Å². The lowest BCUT2D eigenvalue weighted by molar-refractivity contribution is -0.137. The van der Waals surface area contributed by atoms with E-state index < -0.39 is 18.7 Å². The molecular formula is C22H25F3N4O3S. The summed E-state index contributed by atoms with van der Waals surface area (Å²) in [6.45, 7) is 2.29. The number of halogens is 3. The van der Waals surface area contributed by atoms with Gasteiger partial charge >= 0.3 is 6.18 Å². The number of rotatable bonds is 7. The molecule has 0 saturated carbocycles. The first-order valence-electron chi connectivity index (χ1n) is 10.4. The summed E-state index contributed by atoms with van der Waals surface area (Å²) < 4.78 is 36.0. The Morgan fingerprint density at radius 2 is 1.97 bits per heavy atom. The third-order valence-corrected chi connectivity index (χ3v) is 6.59. The third-order valence-electron chi connectivity index (χ3n) is 5.58. The number of amides is 2. The minimum Gasteiger partial charge on any atom is -0.386 e. The number of hydrogen-bond acceptors (Lipinski definition) is 6. The molecule has 178 valence electrons. The van der Waals surface area contributed by atoms with Gasteiger partial charge < -0.3 is 14.6 Å². The van der Waals surface area contributed by atoms with Gasteiger partial charge in [-0.3, -0.25) is 9.59 Å². The van der Waals surface area contributed by atoms with Crippen molar-refractivity contribution < 1.29 is 27.6 Å². The molecule has 1 aliphatic heterocycles. The van der Waals surface area contributed by atoms with Crippen molar-refractivity contribution in [2.75, 3.05) is 26.7 Å². The van der Waals surface area contributed by atoms with Crippen molar-refractivity contribution in [3.8, 4) is 0 Å². The van der Waals surface area contributed by atoms with Crippen molar-refractivity contribution in [2.45, 2.75) is 37.9 Å². The van der Waals surface area contributed by atoms with Crippen LogP contribution in [0.2, 0.25) is 0 Å². The molecule has 0 N–H and O–H groups in total. The van der Waals surface area contributed by atoms with Gasteiger partial charge in [0.1, 0.15) is 11.9 Å². The van der Waals surface area contributed by atoms with E-state index in [4.69, 9.17) is 0 Å². The molecule has 0 spiro atoms. The molecule has 11 heteroatoms. The summed E-state index contributed by atoms with van der Waals surface area (Å²) in [7, 11) is 1.75. The summed E-state index contributed by atoms with van der Waals surface area (Å²) in [5.41, 5.74) is 1.43. The summed E-state index contributed by atoms with van der Waals surface area (Å²) in [6.07, 6.45) is -3.58. The van der Waals surface area contributed by atoms with E-state index in [0.29, 0.717) is 31.6 Å². The molecule has 0 aliphatic carbocycles. The van der Waals surface area contributed by atoms with Crippen molar-refractivity contribution in [1.82, 2.24) is 14.8 Å². The van der Waals surface area contributed by atoms with Gasteiger partial charge in [-0.2, -0.15) is 13.2 Å². The smallest absolute Gasteiger partial charge is 0.386 e. The minimum absolute atomic E-state index is 0.0965. The Bertz CT molecular complexity index is 973. The lowest BCUT2D eigenvalue weighted by atomic mass is 9.97. The Labute approximate surface area is 193 Å². The SMILES string of the molecule is C[C@H](c1ccccc1)N(C)C(=O)c1csc(C2CCN(C(=O)CO/N=C/C(F)(F)F)CC2)n1. The number of thiazole rings is 1. The van der Waals surface area contributed by atoms with E-state index in [1.807, 2.05) is 37.3 Å². The van der Waals surface area contributed by atoms with Crippen molar-refractivity contribution in [3.63, 3.8) is 0 Å². The number of carbonyl (C=O) groups is 2. The molecule has 1 aliphatic rings. The van der Waals surface area contributed by atoms with Crippen LogP contribution in [0.5, 0.6) is 0 Å². The first-order chi connectivity index (χ1) is 15.7. The van der Waals surface area contributed by atoms with Crippen molar-refractivity contribution >= 4 is 29.4 Å². The summed E-state index contributed by atoms with van der Waals surface area (Å²) in [4.78, 5) is 37.2. The van der Waals surface area contributed by atoms with Crippen molar-refractivity contribution in [3.05, 3.63) is 52.0 Å². The third kappa shape index (κ3) is 6.77. The van der Waals surface area contributed by atoms with Crippen molar-refractivity contribution in [1.29, 1.82) is 0 Å². The lowest BCUT2D eigenvalue weighted by Crippen LogP contribution is -2.39. The second-order valence-corrected chi connectivity index (χ2v) is 8.67. The molecule has 33 heavy (non-hydrogen) atoms. The van der Waals surface area contributed by atoms with Crippen LogP contribution in [-0.4, -0.2) is 65.7 Å². The molecule has 1 atom stereocenters. The topological polar surface area (TPSA) is 75.1 Å². The molecule has 2 heterocycles. The molecule has 1 aromatic carbocycles. The van der Waals surface area contributed by atoms with E-state index in [2.05, 4.69) is 15.0 Å². The van der Waals surface area contributed by atoms with Gasteiger partial charge in [0.2, 0.25) is 0 Å². The van der Waals surface area contributed by atoms with E-state index >= 15 is 0 Å². The number of oxime groups is 1. The average Bonchev–Trinajstić information content (AvgIpc) is 3.30. The maximum absolute atomic E-state index is 12.9. The van der Waals surface area contributed by atoms with Crippen LogP contribution in [0.15, 0.2) is 40.9 Å². The zero-order valence-electron chi connectivity index (χ0n) is 18.3. The van der Waals surface area contributed by atoms with Crippen LogP contribution in [-0.2, 0) is 9.63 Å². The number of piperidine rings is 1. The number of aromatic nitrogens is 1. The molecule has 2 aromatic rings. The van der Waals surface area contributed by atoms with Crippen LogP contribution in [0.1, 0.15) is 52.8 Å². The van der Waals surface area contributed by atoms with Gasteiger partial charge in [-0.05, 0) is 25.3 Å². The van der Waals surface area contributed by atoms with Crippen LogP contribution >= 0.6 is 11.3 Å². The molecule has 2 amide bonds. The van der Waals surface area contributed by atoms with Crippen LogP contribution in [0.25, 0.3) is 0 Å². The summed E-state index contributed by atoms with van der Waals surface area (Å²) in [6, 6.07) is 9.65. The highest BCUT2D eigenvalue weighted by Gasteiger charge is 2.28. The zero-order chi connectivity index (χ0) is 24.0. The van der Waals surface area contributed by atoms with Gasteiger partial charge in [0.15, 0.2) is 6.61 Å². The molecule has 3 rings (SSSR count). The summed E-state index contributed by atoms with van der Waals surface area (Å²) >= 11 is 1.43. The standard InChI is InChI=1S/C22H25F3N4O3S/c1-15(16-6-4-3-5-7-16)28(2)21(31)18-13-33-20(27-18)17-8-10-29(11-9-17)19(30)12-32-26-14-22(23,24)25/h3-7,13-15,17H,8-12H2,1-2H3/b26-14+/t15-/m1/s1. The Kier molecular flexibility index (Phi) is 8.06. The van der Waals surface area contributed by atoms with Gasteiger partial charge in [0.25, 0.3) is 11.8 Å². The Balaban J connectivity index is 1.51. The molecule has 1 fully saturated rings. The average molecular weight is 483 g/mol. The van der Waals surface area contributed by atoms with Crippen LogP contribution in [0.4, 0.5) is 13.2 Å². The number of alkyl halides is 3. The zero-order valence-corrected chi connectivity index (χ0v) is 19.1. The number of benzene rings is 1. The van der Waals surface area contributed by atoms with E-state index in [1.165, 1.54) is 16.2 Å². The fourth-order valence-electron chi connectivity index (χ4n) is 3.54. The van der Waals surface area contributed by atoms with Gasteiger partial charge in [0, 0.05) is 31.4 Å². The largest absolute Gasteiger partial charge is 0.429 e. The Morgan fingerprint density at radius 1 is 1.30 bits per heavy atom. The van der Waals surface area contributed by atoms with Crippen LogP contribution in [0.3, 0.4) is 0 Å². The summed E-state index contributed by atoms with van der Waals surface area (Å²) in [5, 5.41) is 5.37. The maximum Gasteiger partial charge on any atom is 0.429 e. The predicted octanol–water partition coefficient (Wildman–Crippen LogP) is 4.25. The van der Waals surface area contributed by atoms with Gasteiger partial charge in [-0.25, -0.2) is 4.98 Å². The van der Waals surface area contributed by atoms with Crippen LogP contribution < -0.4 is 0 Å². The molecular weight excluding hydrogens is 457 g/mol. The van der Waals surface area contributed by atoms with Crippen LogP contribution in [0, 0.1) is 0 Å². The molecule has 0 radical (unpaired) electrons. The lowest BCUT2D eigenvalue weighted by Gasteiger charge is -2.30. The molecule has 7 nitrogen and oxygen atoms in total. The Hall–Kier alpha value is -2.95. The highest BCUT2D eigenvalue weighted by Crippen LogP contribution is 2.31. The van der Waals surface area contributed by atoms with Crippen molar-refractivity contribution in [2.24, 2.45) is 5.16 Å². The number of carbonyl (C=O) groups excluding carboxylic acids is 2. The quantitative estimate of drug-likeness (QED) is 0.437. The normalized spacial score (nSPS) is 16.1. The summed E-state index contributed by atoms with van der Waals surface area (Å²) in [5.74, 6) is -0.459.